The van der Waals surface area contributed by atoms with Gasteiger partial charge in [0.1, 0.15) is 11.5 Å². The number of carbonyl (C=O) groups is 1. The molecule has 2 rings (SSSR count). The van der Waals surface area contributed by atoms with Crippen molar-refractivity contribution in [3.8, 4) is 11.5 Å². The number of benzene rings is 1. The number of carbonyl (C=O) groups excluding carboxylic acids is 1. The molecule has 116 valence electrons. The highest BCUT2D eigenvalue weighted by Crippen LogP contribution is 2.36. The Morgan fingerprint density at radius 1 is 1.24 bits per heavy atom. The van der Waals surface area contributed by atoms with E-state index in [0.717, 1.165) is 25.7 Å². The lowest BCUT2D eigenvalue weighted by atomic mass is 9.84. The molecule has 0 spiro atoms. The van der Waals surface area contributed by atoms with E-state index in [1.165, 1.54) is 14.2 Å². The molecule has 1 fully saturated rings. The number of hydrogen-bond donors (Lipinski definition) is 2. The monoisotopic (exact) mass is 312 g/mol. The summed E-state index contributed by atoms with van der Waals surface area (Å²) in [4.78, 5) is 12.4. The number of methoxy groups -OCH3 is 2. The number of anilines is 1. The summed E-state index contributed by atoms with van der Waals surface area (Å²) in [5.74, 6) is 0.765. The third kappa shape index (κ3) is 3.60. The zero-order valence-electron chi connectivity index (χ0n) is 12.3. The van der Waals surface area contributed by atoms with Gasteiger partial charge in [0.2, 0.25) is 5.91 Å². The predicted molar refractivity (Wildman–Crippen MR) is 83.1 cm³/mol. The highest BCUT2D eigenvalue weighted by atomic mass is 35.5. The second-order valence-corrected chi connectivity index (χ2v) is 5.64. The van der Waals surface area contributed by atoms with Crippen LogP contribution >= 0.6 is 11.6 Å². The summed E-state index contributed by atoms with van der Waals surface area (Å²) in [7, 11) is 3.06. The van der Waals surface area contributed by atoms with Gasteiger partial charge in [-0.2, -0.15) is 0 Å². The minimum absolute atomic E-state index is 0.0817. The van der Waals surface area contributed by atoms with Crippen molar-refractivity contribution in [2.75, 3.05) is 19.5 Å². The Morgan fingerprint density at radius 3 is 2.52 bits per heavy atom. The van der Waals surface area contributed by atoms with Gasteiger partial charge in [-0.3, -0.25) is 4.79 Å². The van der Waals surface area contributed by atoms with Crippen LogP contribution in [0.1, 0.15) is 25.7 Å². The molecule has 1 amide bonds. The maximum absolute atomic E-state index is 12.4. The van der Waals surface area contributed by atoms with Gasteiger partial charge in [-0.15, -0.1) is 0 Å². The first kappa shape index (κ1) is 15.9. The van der Waals surface area contributed by atoms with Gasteiger partial charge in [0.25, 0.3) is 0 Å². The fraction of sp³-hybridized carbons (Fsp3) is 0.533. The molecule has 0 aliphatic heterocycles. The summed E-state index contributed by atoms with van der Waals surface area (Å²) in [6.07, 6.45) is 3.83. The lowest BCUT2D eigenvalue weighted by Crippen LogP contribution is -2.40. The molecule has 0 bridgehead atoms. The molecule has 0 heterocycles. The summed E-state index contributed by atoms with van der Waals surface area (Å²) >= 11 is 6.10. The summed E-state index contributed by atoms with van der Waals surface area (Å²) in [6, 6.07) is 3.20. The van der Waals surface area contributed by atoms with E-state index in [1.807, 2.05) is 0 Å². The van der Waals surface area contributed by atoms with E-state index in [-0.39, 0.29) is 17.9 Å². The lowest BCUT2D eigenvalue weighted by molar-refractivity contribution is -0.121. The van der Waals surface area contributed by atoms with Crippen LogP contribution in [0.15, 0.2) is 12.1 Å². The summed E-state index contributed by atoms with van der Waals surface area (Å²) < 4.78 is 10.4. The molecule has 1 aromatic carbocycles. The van der Waals surface area contributed by atoms with E-state index in [4.69, 9.17) is 26.8 Å². The smallest absolute Gasteiger partial charge is 0.229 e. The maximum atomic E-state index is 12.4. The standard InChI is InChI=1S/C15H21ClN2O3/c1-20-13-8-14(21-2)12(7-10(13)16)18-15(19)9-5-3-4-6-11(9)17/h7-9,11H,3-6,17H2,1-2H3,(H,18,19). The average molecular weight is 313 g/mol. The van der Waals surface area contributed by atoms with Gasteiger partial charge in [0.05, 0.1) is 30.8 Å². The summed E-state index contributed by atoms with van der Waals surface area (Å²) in [5, 5.41) is 3.29. The Bertz CT molecular complexity index is 522. The van der Waals surface area contributed by atoms with Crippen molar-refractivity contribution in [3.63, 3.8) is 0 Å². The van der Waals surface area contributed by atoms with E-state index in [1.54, 1.807) is 12.1 Å². The molecule has 0 saturated heterocycles. The molecule has 1 aromatic rings. The largest absolute Gasteiger partial charge is 0.495 e. The maximum Gasteiger partial charge on any atom is 0.229 e. The van der Waals surface area contributed by atoms with Crippen LogP contribution < -0.4 is 20.5 Å². The first-order chi connectivity index (χ1) is 10.1. The first-order valence-corrected chi connectivity index (χ1v) is 7.42. The Hall–Kier alpha value is -1.46. The number of hydrogen-bond acceptors (Lipinski definition) is 4. The molecule has 0 radical (unpaired) electrons. The SMILES string of the molecule is COc1cc(OC)c(NC(=O)C2CCCCC2N)cc1Cl. The Kier molecular flexibility index (Phi) is 5.31. The molecule has 1 aliphatic carbocycles. The number of nitrogens with one attached hydrogen (secondary N) is 1. The second kappa shape index (κ2) is 7.00. The molecule has 6 heteroatoms. The lowest BCUT2D eigenvalue weighted by Gasteiger charge is -2.27. The van der Waals surface area contributed by atoms with Crippen molar-refractivity contribution in [2.24, 2.45) is 11.7 Å². The van der Waals surface area contributed by atoms with E-state index in [9.17, 15) is 4.79 Å². The van der Waals surface area contributed by atoms with Crippen molar-refractivity contribution < 1.29 is 14.3 Å². The zero-order valence-corrected chi connectivity index (χ0v) is 13.1. The first-order valence-electron chi connectivity index (χ1n) is 7.04. The highest BCUT2D eigenvalue weighted by Gasteiger charge is 2.28. The minimum atomic E-state index is -0.163. The summed E-state index contributed by atoms with van der Waals surface area (Å²) in [5.41, 5.74) is 6.57. The molecular weight excluding hydrogens is 292 g/mol. The van der Waals surface area contributed by atoms with Crippen LogP contribution in [-0.4, -0.2) is 26.2 Å². The fourth-order valence-corrected chi connectivity index (χ4v) is 2.91. The van der Waals surface area contributed by atoms with Gasteiger partial charge in [-0.25, -0.2) is 0 Å². The Balaban J connectivity index is 2.18. The number of rotatable bonds is 4. The zero-order chi connectivity index (χ0) is 15.4. The second-order valence-electron chi connectivity index (χ2n) is 5.23. The van der Waals surface area contributed by atoms with Crippen LogP contribution in [0.5, 0.6) is 11.5 Å². The topological polar surface area (TPSA) is 73.6 Å². The third-order valence-electron chi connectivity index (χ3n) is 3.89. The molecule has 2 unspecified atom stereocenters. The number of amides is 1. The van der Waals surface area contributed by atoms with Crippen LogP contribution in [0.4, 0.5) is 5.69 Å². The predicted octanol–water partition coefficient (Wildman–Crippen LogP) is 2.81. The van der Waals surface area contributed by atoms with E-state index >= 15 is 0 Å². The molecule has 3 N–H and O–H groups in total. The summed E-state index contributed by atoms with van der Waals surface area (Å²) in [6.45, 7) is 0. The average Bonchev–Trinajstić information content (AvgIpc) is 2.48. The minimum Gasteiger partial charge on any atom is -0.495 e. The number of nitrogens with two attached hydrogens (primary N) is 1. The van der Waals surface area contributed by atoms with Crippen LogP contribution in [0.25, 0.3) is 0 Å². The molecular formula is C15H21ClN2O3. The molecule has 5 nitrogen and oxygen atoms in total. The van der Waals surface area contributed by atoms with Crippen LogP contribution in [0.2, 0.25) is 5.02 Å². The normalized spacial score (nSPS) is 21.7. The fourth-order valence-electron chi connectivity index (χ4n) is 2.67. The molecule has 2 atom stereocenters. The quantitative estimate of drug-likeness (QED) is 0.896. The molecule has 21 heavy (non-hydrogen) atoms. The van der Waals surface area contributed by atoms with Crippen molar-refractivity contribution in [1.29, 1.82) is 0 Å². The van der Waals surface area contributed by atoms with Crippen molar-refractivity contribution in [1.82, 2.24) is 0 Å². The van der Waals surface area contributed by atoms with Gasteiger partial charge in [0, 0.05) is 12.1 Å². The van der Waals surface area contributed by atoms with E-state index in [2.05, 4.69) is 5.32 Å². The van der Waals surface area contributed by atoms with Crippen molar-refractivity contribution in [3.05, 3.63) is 17.2 Å². The highest BCUT2D eigenvalue weighted by molar-refractivity contribution is 6.32. The van der Waals surface area contributed by atoms with Gasteiger partial charge in [-0.05, 0) is 18.9 Å². The Labute approximate surface area is 129 Å². The molecule has 1 saturated carbocycles. The van der Waals surface area contributed by atoms with E-state index < -0.39 is 0 Å². The van der Waals surface area contributed by atoms with E-state index in [0.29, 0.717) is 22.2 Å². The number of ether oxygens (including phenoxy) is 2. The van der Waals surface area contributed by atoms with Gasteiger partial charge < -0.3 is 20.5 Å². The third-order valence-corrected chi connectivity index (χ3v) is 4.18. The number of halogens is 1. The van der Waals surface area contributed by atoms with Crippen molar-refractivity contribution in [2.45, 2.75) is 31.7 Å². The molecule has 0 aromatic heterocycles. The van der Waals surface area contributed by atoms with Gasteiger partial charge >= 0.3 is 0 Å². The van der Waals surface area contributed by atoms with Gasteiger partial charge in [0.15, 0.2) is 0 Å². The van der Waals surface area contributed by atoms with Crippen LogP contribution in [0, 0.1) is 5.92 Å². The van der Waals surface area contributed by atoms with Gasteiger partial charge in [-0.1, -0.05) is 24.4 Å². The van der Waals surface area contributed by atoms with Crippen molar-refractivity contribution >= 4 is 23.2 Å². The van der Waals surface area contributed by atoms with Crippen LogP contribution in [0.3, 0.4) is 0 Å². The molecule has 1 aliphatic rings. The van der Waals surface area contributed by atoms with Crippen LogP contribution in [-0.2, 0) is 4.79 Å². The Morgan fingerprint density at radius 2 is 1.90 bits per heavy atom.